The Hall–Kier alpha value is -2.01. The van der Waals surface area contributed by atoms with Crippen molar-refractivity contribution in [2.24, 2.45) is 0 Å². The summed E-state index contributed by atoms with van der Waals surface area (Å²) in [6, 6.07) is 4.41. The van der Waals surface area contributed by atoms with Crippen molar-refractivity contribution in [3.05, 3.63) is 47.7 Å². The van der Waals surface area contributed by atoms with E-state index in [0.29, 0.717) is 17.0 Å². The molecular formula is C12H11FN2O2. The molecule has 0 spiro atoms. The molecule has 0 fully saturated rings. The van der Waals surface area contributed by atoms with Crippen LogP contribution in [-0.4, -0.2) is 15.1 Å². The smallest absolute Gasteiger partial charge is 0.238 e. The summed E-state index contributed by atoms with van der Waals surface area (Å²) in [5.41, 5.74) is 0.912. The summed E-state index contributed by atoms with van der Waals surface area (Å²) in [5, 5.41) is 8.90. The molecule has 0 unspecified atom stereocenters. The van der Waals surface area contributed by atoms with Crippen molar-refractivity contribution in [1.82, 2.24) is 9.97 Å². The Kier molecular flexibility index (Phi) is 3.30. The highest BCUT2D eigenvalue weighted by molar-refractivity contribution is 5.31. The number of ether oxygens (including phenoxy) is 1. The Labute approximate surface area is 97.7 Å². The van der Waals surface area contributed by atoms with Crippen LogP contribution < -0.4 is 4.74 Å². The van der Waals surface area contributed by atoms with Gasteiger partial charge in [-0.25, -0.2) is 9.37 Å². The molecule has 0 atom stereocenters. The van der Waals surface area contributed by atoms with Crippen LogP contribution in [-0.2, 0) is 6.61 Å². The van der Waals surface area contributed by atoms with Gasteiger partial charge in [0, 0.05) is 0 Å². The van der Waals surface area contributed by atoms with Gasteiger partial charge in [-0.1, -0.05) is 0 Å². The number of rotatable bonds is 3. The maximum absolute atomic E-state index is 13.0. The van der Waals surface area contributed by atoms with Crippen LogP contribution in [0.25, 0.3) is 0 Å². The summed E-state index contributed by atoms with van der Waals surface area (Å²) in [6.07, 6.45) is 2.88. The first-order chi connectivity index (χ1) is 8.19. The predicted molar refractivity (Wildman–Crippen MR) is 59.2 cm³/mol. The number of hydrogen-bond acceptors (Lipinski definition) is 4. The molecule has 1 aromatic heterocycles. The van der Waals surface area contributed by atoms with Gasteiger partial charge in [-0.2, -0.15) is 0 Å². The molecular weight excluding hydrogens is 223 g/mol. The zero-order valence-electron chi connectivity index (χ0n) is 9.22. The van der Waals surface area contributed by atoms with Crippen LogP contribution in [0, 0.1) is 12.7 Å². The minimum atomic E-state index is -0.285. The second-order valence-electron chi connectivity index (χ2n) is 3.52. The third-order valence-electron chi connectivity index (χ3n) is 2.18. The quantitative estimate of drug-likeness (QED) is 0.884. The number of nitrogens with zero attached hydrogens (tertiary/aromatic N) is 2. The monoisotopic (exact) mass is 234 g/mol. The van der Waals surface area contributed by atoms with Gasteiger partial charge in [0.2, 0.25) is 5.88 Å². The summed E-state index contributed by atoms with van der Waals surface area (Å²) in [5.74, 6) is 0.461. The number of hydrogen-bond donors (Lipinski definition) is 1. The summed E-state index contributed by atoms with van der Waals surface area (Å²) in [7, 11) is 0. The van der Waals surface area contributed by atoms with E-state index in [2.05, 4.69) is 9.97 Å². The first-order valence-electron chi connectivity index (χ1n) is 5.05. The average Bonchev–Trinajstić information content (AvgIpc) is 2.34. The highest BCUT2D eigenvalue weighted by Crippen LogP contribution is 2.21. The number of halogens is 1. The second kappa shape index (κ2) is 4.88. The summed E-state index contributed by atoms with van der Waals surface area (Å²) < 4.78 is 18.4. The molecule has 4 nitrogen and oxygen atoms in total. The van der Waals surface area contributed by atoms with Crippen molar-refractivity contribution in [3.8, 4) is 11.6 Å². The predicted octanol–water partition coefficient (Wildman–Crippen LogP) is 2.21. The highest BCUT2D eigenvalue weighted by atomic mass is 19.1. The van der Waals surface area contributed by atoms with Gasteiger partial charge in [-0.15, -0.1) is 0 Å². The van der Waals surface area contributed by atoms with E-state index in [9.17, 15) is 4.39 Å². The van der Waals surface area contributed by atoms with E-state index in [4.69, 9.17) is 9.84 Å². The molecule has 0 amide bonds. The van der Waals surface area contributed by atoms with Crippen LogP contribution in [0.3, 0.4) is 0 Å². The fourth-order valence-corrected chi connectivity index (χ4v) is 1.31. The Morgan fingerprint density at radius 3 is 2.88 bits per heavy atom. The molecule has 17 heavy (non-hydrogen) atoms. The van der Waals surface area contributed by atoms with Crippen molar-refractivity contribution in [2.75, 3.05) is 0 Å². The lowest BCUT2D eigenvalue weighted by atomic mass is 10.2. The highest BCUT2D eigenvalue weighted by Gasteiger charge is 2.03. The van der Waals surface area contributed by atoms with E-state index in [1.165, 1.54) is 24.5 Å². The van der Waals surface area contributed by atoms with Crippen LogP contribution in [0.15, 0.2) is 30.6 Å². The standard InChI is InChI=1S/C12H11FN2O2/c1-8-4-10(2-3-11(8)13)17-12-6-14-5-9(7-16)15-12/h2-6,16H,7H2,1H3. The van der Waals surface area contributed by atoms with Crippen LogP contribution >= 0.6 is 0 Å². The third kappa shape index (κ3) is 2.76. The van der Waals surface area contributed by atoms with Gasteiger partial charge in [0.15, 0.2) is 0 Å². The van der Waals surface area contributed by atoms with Gasteiger partial charge in [-0.05, 0) is 30.7 Å². The van der Waals surface area contributed by atoms with Gasteiger partial charge < -0.3 is 9.84 Å². The molecule has 0 aliphatic carbocycles. The molecule has 5 heteroatoms. The number of aliphatic hydroxyl groups is 1. The van der Waals surface area contributed by atoms with Crippen LogP contribution in [0.1, 0.15) is 11.3 Å². The molecule has 1 heterocycles. The van der Waals surface area contributed by atoms with E-state index in [1.807, 2.05) is 0 Å². The van der Waals surface area contributed by atoms with Crippen LogP contribution in [0.4, 0.5) is 4.39 Å². The molecule has 0 aliphatic rings. The zero-order valence-corrected chi connectivity index (χ0v) is 9.22. The van der Waals surface area contributed by atoms with E-state index >= 15 is 0 Å². The van der Waals surface area contributed by atoms with Crippen LogP contribution in [0.2, 0.25) is 0 Å². The molecule has 0 aliphatic heterocycles. The zero-order chi connectivity index (χ0) is 12.3. The van der Waals surface area contributed by atoms with Crippen LogP contribution in [0.5, 0.6) is 11.6 Å². The molecule has 2 rings (SSSR count). The Balaban J connectivity index is 2.22. The third-order valence-corrected chi connectivity index (χ3v) is 2.18. The average molecular weight is 234 g/mol. The van der Waals surface area contributed by atoms with Gasteiger partial charge in [0.1, 0.15) is 11.6 Å². The Bertz CT molecular complexity index is 532. The number of benzene rings is 1. The Morgan fingerprint density at radius 2 is 2.18 bits per heavy atom. The first kappa shape index (κ1) is 11.5. The number of aliphatic hydroxyl groups excluding tert-OH is 1. The molecule has 0 radical (unpaired) electrons. The first-order valence-corrected chi connectivity index (χ1v) is 5.05. The molecule has 0 bridgehead atoms. The SMILES string of the molecule is Cc1cc(Oc2cncc(CO)n2)ccc1F. The minimum absolute atomic E-state index is 0.202. The lowest BCUT2D eigenvalue weighted by Crippen LogP contribution is -1.95. The van der Waals surface area contributed by atoms with E-state index < -0.39 is 0 Å². The van der Waals surface area contributed by atoms with Crippen molar-refractivity contribution in [3.63, 3.8) is 0 Å². The number of aryl methyl sites for hydroxylation is 1. The van der Waals surface area contributed by atoms with Gasteiger partial charge >= 0.3 is 0 Å². The second-order valence-corrected chi connectivity index (χ2v) is 3.52. The Morgan fingerprint density at radius 1 is 1.35 bits per heavy atom. The largest absolute Gasteiger partial charge is 0.437 e. The van der Waals surface area contributed by atoms with Gasteiger partial charge in [0.25, 0.3) is 0 Å². The molecule has 1 N–H and O–H groups in total. The van der Waals surface area contributed by atoms with Gasteiger partial charge in [-0.3, -0.25) is 4.98 Å². The van der Waals surface area contributed by atoms with Crippen molar-refractivity contribution in [2.45, 2.75) is 13.5 Å². The topological polar surface area (TPSA) is 55.2 Å². The summed E-state index contributed by atoms with van der Waals surface area (Å²) >= 11 is 0. The van der Waals surface area contributed by atoms with Crippen molar-refractivity contribution in [1.29, 1.82) is 0 Å². The van der Waals surface area contributed by atoms with Crippen molar-refractivity contribution >= 4 is 0 Å². The summed E-state index contributed by atoms with van der Waals surface area (Å²) in [6.45, 7) is 1.45. The minimum Gasteiger partial charge on any atom is -0.437 e. The molecule has 2 aromatic rings. The lowest BCUT2D eigenvalue weighted by molar-refractivity contribution is 0.274. The summed E-state index contributed by atoms with van der Waals surface area (Å²) in [4.78, 5) is 7.88. The maximum atomic E-state index is 13.0. The molecule has 0 saturated heterocycles. The van der Waals surface area contributed by atoms with E-state index in [-0.39, 0.29) is 18.3 Å². The lowest BCUT2D eigenvalue weighted by Gasteiger charge is -2.06. The maximum Gasteiger partial charge on any atom is 0.238 e. The van der Waals surface area contributed by atoms with Crippen molar-refractivity contribution < 1.29 is 14.2 Å². The fraction of sp³-hybridized carbons (Fsp3) is 0.167. The fourth-order valence-electron chi connectivity index (χ4n) is 1.31. The number of aromatic nitrogens is 2. The van der Waals surface area contributed by atoms with E-state index in [1.54, 1.807) is 13.0 Å². The molecule has 0 saturated carbocycles. The molecule has 1 aromatic carbocycles. The van der Waals surface area contributed by atoms with Gasteiger partial charge in [0.05, 0.1) is 24.7 Å². The normalized spacial score (nSPS) is 10.3. The molecule has 88 valence electrons. The van der Waals surface area contributed by atoms with E-state index in [0.717, 1.165) is 0 Å².